The van der Waals surface area contributed by atoms with Crippen molar-refractivity contribution in [1.29, 1.82) is 0 Å². The number of amides is 3. The van der Waals surface area contributed by atoms with Gasteiger partial charge in [0.15, 0.2) is 0 Å². The zero-order valence-electron chi connectivity index (χ0n) is 14.5. The van der Waals surface area contributed by atoms with Gasteiger partial charge in [-0.3, -0.25) is 19.6 Å². The molecule has 2 aliphatic rings. The minimum absolute atomic E-state index is 0.297. The lowest BCUT2D eigenvalue weighted by Gasteiger charge is -2.36. The Labute approximate surface area is 146 Å². The van der Waals surface area contributed by atoms with E-state index in [0.29, 0.717) is 18.1 Å². The molecule has 0 aliphatic carbocycles. The summed E-state index contributed by atoms with van der Waals surface area (Å²) in [5.74, 6) is 0.330. The molecule has 7 heteroatoms. The van der Waals surface area contributed by atoms with E-state index in [1.54, 1.807) is 26.4 Å². The number of hydrogen-bond acceptors (Lipinski definition) is 5. The molecule has 2 aliphatic heterocycles. The maximum atomic E-state index is 12.5. The first kappa shape index (κ1) is 16.9. The highest BCUT2D eigenvalue weighted by molar-refractivity contribution is 6.31. The minimum atomic E-state index is -0.617. The van der Waals surface area contributed by atoms with Gasteiger partial charge >= 0.3 is 6.03 Å². The number of nitrogens with zero attached hydrogens (tertiary/aromatic N) is 4. The Morgan fingerprint density at radius 2 is 1.88 bits per heavy atom. The second kappa shape index (κ2) is 6.88. The Morgan fingerprint density at radius 3 is 2.56 bits per heavy atom. The maximum Gasteiger partial charge on any atom is 0.331 e. The van der Waals surface area contributed by atoms with Crippen LogP contribution in [0.5, 0.6) is 5.75 Å². The van der Waals surface area contributed by atoms with Crippen molar-refractivity contribution < 1.29 is 14.3 Å². The third-order valence-electron chi connectivity index (χ3n) is 4.36. The lowest BCUT2D eigenvalue weighted by atomic mass is 9.95. The van der Waals surface area contributed by atoms with Crippen LogP contribution in [0.3, 0.4) is 0 Å². The largest absolute Gasteiger partial charge is 0.497 e. The molecule has 1 aromatic rings. The molecule has 1 atom stereocenters. The number of rotatable bonds is 4. The highest BCUT2D eigenvalue weighted by atomic mass is 16.5. The van der Waals surface area contributed by atoms with Crippen molar-refractivity contribution in [2.24, 2.45) is 15.9 Å². The second-order valence-corrected chi connectivity index (χ2v) is 5.88. The summed E-state index contributed by atoms with van der Waals surface area (Å²) in [7, 11) is 4.73. The fraction of sp³-hybridized carbons (Fsp3) is 0.333. The molecule has 1 saturated heterocycles. The monoisotopic (exact) mass is 340 g/mol. The summed E-state index contributed by atoms with van der Waals surface area (Å²) in [5.41, 5.74) is 1.77. The Balaban J connectivity index is 1.74. The van der Waals surface area contributed by atoms with E-state index in [0.717, 1.165) is 22.6 Å². The van der Waals surface area contributed by atoms with E-state index in [2.05, 4.69) is 9.98 Å². The van der Waals surface area contributed by atoms with E-state index in [4.69, 9.17) is 4.74 Å². The van der Waals surface area contributed by atoms with E-state index in [-0.39, 0.29) is 11.9 Å². The number of imide groups is 1. The normalized spacial score (nSPS) is 21.5. The smallest absolute Gasteiger partial charge is 0.331 e. The van der Waals surface area contributed by atoms with Gasteiger partial charge in [-0.25, -0.2) is 9.79 Å². The van der Waals surface area contributed by atoms with Gasteiger partial charge in [0.05, 0.1) is 12.8 Å². The van der Waals surface area contributed by atoms with Crippen LogP contribution in [0.4, 0.5) is 4.79 Å². The molecule has 3 amide bonds. The summed E-state index contributed by atoms with van der Waals surface area (Å²) in [5, 5.41) is 0. The fourth-order valence-corrected chi connectivity index (χ4v) is 2.87. The minimum Gasteiger partial charge on any atom is -0.497 e. The molecule has 1 unspecified atom stereocenters. The van der Waals surface area contributed by atoms with Crippen molar-refractivity contribution in [2.45, 2.75) is 6.42 Å². The van der Waals surface area contributed by atoms with Crippen molar-refractivity contribution in [3.63, 3.8) is 0 Å². The van der Waals surface area contributed by atoms with Crippen LogP contribution < -0.4 is 4.74 Å². The number of aliphatic imine (C=N–C) groups is 2. The lowest BCUT2D eigenvalue weighted by Crippen LogP contribution is -2.59. The number of allylic oxidation sites excluding steroid dienone is 1. The Kier molecular flexibility index (Phi) is 4.65. The zero-order chi connectivity index (χ0) is 18.0. The van der Waals surface area contributed by atoms with Crippen LogP contribution in [0.1, 0.15) is 5.56 Å². The molecule has 0 N–H and O–H groups in total. The SMILES string of the molecule is COc1ccc(CCN=C2C=CN=C3C2C(=O)N(C)C(=O)N3C)cc1. The van der Waals surface area contributed by atoms with Crippen LogP contribution in [0.2, 0.25) is 0 Å². The molecular weight excluding hydrogens is 320 g/mol. The summed E-state index contributed by atoms with van der Waals surface area (Å²) in [6.07, 6.45) is 4.07. The molecule has 0 radical (unpaired) electrons. The van der Waals surface area contributed by atoms with Crippen molar-refractivity contribution >= 4 is 23.5 Å². The van der Waals surface area contributed by atoms with Crippen molar-refractivity contribution in [1.82, 2.24) is 9.80 Å². The number of ether oxygens (including phenoxy) is 1. The molecule has 130 valence electrons. The maximum absolute atomic E-state index is 12.5. The van der Waals surface area contributed by atoms with Crippen molar-refractivity contribution in [3.8, 4) is 5.75 Å². The molecule has 2 heterocycles. The molecule has 7 nitrogen and oxygen atoms in total. The summed E-state index contributed by atoms with van der Waals surface area (Å²) >= 11 is 0. The van der Waals surface area contributed by atoms with Crippen LogP contribution in [0.25, 0.3) is 0 Å². The number of fused-ring (bicyclic) bond motifs is 1. The first-order chi connectivity index (χ1) is 12.0. The molecule has 0 bridgehead atoms. The quantitative estimate of drug-likeness (QED) is 0.838. The molecule has 0 saturated carbocycles. The molecule has 3 rings (SSSR count). The van der Waals surface area contributed by atoms with Crippen LogP contribution in [0, 0.1) is 5.92 Å². The molecule has 1 fully saturated rings. The molecule has 0 aromatic heterocycles. The van der Waals surface area contributed by atoms with Gasteiger partial charge < -0.3 is 4.74 Å². The summed E-state index contributed by atoms with van der Waals surface area (Å²) in [6.45, 7) is 0.546. The third kappa shape index (κ3) is 3.17. The van der Waals surface area contributed by atoms with Crippen LogP contribution in [-0.2, 0) is 11.2 Å². The van der Waals surface area contributed by atoms with Crippen molar-refractivity contribution in [2.75, 3.05) is 27.7 Å². The summed E-state index contributed by atoms with van der Waals surface area (Å²) < 4.78 is 5.14. The highest BCUT2D eigenvalue weighted by Crippen LogP contribution is 2.22. The van der Waals surface area contributed by atoms with Gasteiger partial charge in [-0.15, -0.1) is 0 Å². The highest BCUT2D eigenvalue weighted by Gasteiger charge is 2.43. The molecule has 1 aromatic carbocycles. The van der Waals surface area contributed by atoms with E-state index >= 15 is 0 Å². The number of methoxy groups -OCH3 is 1. The van der Waals surface area contributed by atoms with E-state index in [1.165, 1.54) is 11.9 Å². The fourth-order valence-electron chi connectivity index (χ4n) is 2.87. The second-order valence-electron chi connectivity index (χ2n) is 5.88. The standard InChI is InChI=1S/C18H20N4O3/c1-21-16-15(17(23)22(2)18(21)24)14(9-11-20-16)19-10-8-12-4-6-13(25-3)7-5-12/h4-7,9,11,15H,8,10H2,1-3H3. The van der Waals surface area contributed by atoms with Crippen LogP contribution in [0.15, 0.2) is 46.5 Å². The van der Waals surface area contributed by atoms with Gasteiger partial charge in [-0.2, -0.15) is 0 Å². The molecule has 0 spiro atoms. The predicted molar refractivity (Wildman–Crippen MR) is 95.0 cm³/mol. The average Bonchev–Trinajstić information content (AvgIpc) is 2.65. The van der Waals surface area contributed by atoms with Gasteiger partial charge in [0.25, 0.3) is 0 Å². The van der Waals surface area contributed by atoms with E-state index in [9.17, 15) is 9.59 Å². The number of carbonyl (C=O) groups excluding carboxylic acids is 2. The molecule has 25 heavy (non-hydrogen) atoms. The van der Waals surface area contributed by atoms with Crippen LogP contribution in [-0.4, -0.2) is 61.0 Å². The van der Waals surface area contributed by atoms with E-state index < -0.39 is 5.92 Å². The first-order valence-corrected chi connectivity index (χ1v) is 7.99. The van der Waals surface area contributed by atoms with Gasteiger partial charge in [-0.05, 0) is 30.2 Å². The third-order valence-corrected chi connectivity index (χ3v) is 4.36. The molecular formula is C18H20N4O3. The van der Waals surface area contributed by atoms with Gasteiger partial charge in [0.2, 0.25) is 5.91 Å². The Bertz CT molecular complexity index is 780. The number of amidine groups is 1. The number of benzene rings is 1. The van der Waals surface area contributed by atoms with Crippen molar-refractivity contribution in [3.05, 3.63) is 42.1 Å². The lowest BCUT2D eigenvalue weighted by molar-refractivity contribution is -0.128. The van der Waals surface area contributed by atoms with Crippen LogP contribution >= 0.6 is 0 Å². The first-order valence-electron chi connectivity index (χ1n) is 7.99. The van der Waals surface area contributed by atoms with Gasteiger partial charge in [0, 0.05) is 26.8 Å². The Morgan fingerprint density at radius 1 is 1.16 bits per heavy atom. The summed E-state index contributed by atoms with van der Waals surface area (Å²) in [4.78, 5) is 35.8. The average molecular weight is 340 g/mol. The summed E-state index contributed by atoms with van der Waals surface area (Å²) in [6, 6.07) is 7.43. The number of hydrogen-bond donors (Lipinski definition) is 0. The number of carbonyl (C=O) groups is 2. The zero-order valence-corrected chi connectivity index (χ0v) is 14.5. The topological polar surface area (TPSA) is 74.6 Å². The van der Waals surface area contributed by atoms with Gasteiger partial charge in [0.1, 0.15) is 17.5 Å². The Hall–Kier alpha value is -2.96. The van der Waals surface area contributed by atoms with Gasteiger partial charge in [-0.1, -0.05) is 12.1 Å². The predicted octanol–water partition coefficient (Wildman–Crippen LogP) is 1.74. The van der Waals surface area contributed by atoms with E-state index in [1.807, 2.05) is 24.3 Å². The number of urea groups is 1.